The fourth-order valence-electron chi connectivity index (χ4n) is 1.86. The number of nitrogens with zero attached hydrogens (tertiary/aromatic N) is 2. The van der Waals surface area contributed by atoms with Crippen LogP contribution in [0.25, 0.3) is 0 Å². The minimum atomic E-state index is -0.666. The Labute approximate surface area is 167 Å². The number of amides is 4. The molecule has 2 aromatic heterocycles. The molecule has 0 saturated heterocycles. The Balaban J connectivity index is 2.13. The number of rotatable bonds is 9. The van der Waals surface area contributed by atoms with Crippen LogP contribution < -0.4 is 22.1 Å². The molecule has 10 nitrogen and oxygen atoms in total. The first-order valence-electron chi connectivity index (χ1n) is 7.76. The van der Waals surface area contributed by atoms with Gasteiger partial charge in [0.25, 0.3) is 11.8 Å². The normalized spacial score (nSPS) is 10.1. The maximum Gasteiger partial charge on any atom is 0.254 e. The fraction of sp³-hybridized carbons (Fsp3) is 0.125. The topological polar surface area (TPSA) is 170 Å². The number of nitrogens with two attached hydrogens (primary N) is 2. The van der Waals surface area contributed by atoms with Gasteiger partial charge in [0.05, 0.1) is 24.2 Å². The Morgan fingerprint density at radius 2 is 1.18 bits per heavy atom. The molecule has 0 aliphatic rings. The van der Waals surface area contributed by atoms with Crippen LogP contribution in [0.4, 0.5) is 0 Å². The number of primary amides is 2. The van der Waals surface area contributed by atoms with E-state index in [4.69, 9.17) is 11.5 Å². The molecule has 0 saturated carbocycles. The highest BCUT2D eigenvalue weighted by Gasteiger charge is 2.17. The molecule has 2 aromatic rings. The SMILES string of the molecule is NC(=O)CNC(=O)c1cccnc1SSc1ncccc1C(=O)NCC(N)=O. The first-order valence-corrected chi connectivity index (χ1v) is 9.91. The zero-order valence-electron chi connectivity index (χ0n) is 14.4. The standard InChI is InChI=1S/C16H16N6O4S2/c17-11(23)7-21-13(25)9-3-1-5-19-15(9)27-28-16-10(4-2-6-20-16)14(26)22-8-12(18)24/h1-6H,7-8H2,(H2,17,23)(H2,18,24)(H,21,25)(H,22,26). The molecule has 0 aliphatic heterocycles. The number of carbonyl (C=O) groups excluding carboxylic acids is 4. The number of nitrogens with one attached hydrogen (secondary N) is 2. The Morgan fingerprint density at radius 1 is 0.786 bits per heavy atom. The van der Waals surface area contributed by atoms with E-state index in [0.717, 1.165) is 21.6 Å². The highest BCUT2D eigenvalue weighted by atomic mass is 33.1. The summed E-state index contributed by atoms with van der Waals surface area (Å²) in [6, 6.07) is 6.25. The van der Waals surface area contributed by atoms with Crippen LogP contribution >= 0.6 is 21.6 Å². The highest BCUT2D eigenvalue weighted by Crippen LogP contribution is 2.38. The molecule has 0 aromatic carbocycles. The largest absolute Gasteiger partial charge is 0.368 e. The lowest BCUT2D eigenvalue weighted by Crippen LogP contribution is -2.33. The molecule has 0 bridgehead atoms. The summed E-state index contributed by atoms with van der Waals surface area (Å²) in [5, 5.41) is 5.52. The van der Waals surface area contributed by atoms with Crippen LogP contribution in [0.15, 0.2) is 46.7 Å². The van der Waals surface area contributed by atoms with E-state index in [2.05, 4.69) is 20.6 Å². The molecule has 0 unspecified atom stereocenters. The molecular weight excluding hydrogens is 404 g/mol. The molecule has 0 radical (unpaired) electrons. The molecule has 2 heterocycles. The molecule has 0 aliphatic carbocycles. The monoisotopic (exact) mass is 420 g/mol. The van der Waals surface area contributed by atoms with Crippen molar-refractivity contribution in [3.8, 4) is 0 Å². The van der Waals surface area contributed by atoms with Gasteiger partial charge < -0.3 is 22.1 Å². The molecule has 2 rings (SSSR count). The smallest absolute Gasteiger partial charge is 0.254 e. The van der Waals surface area contributed by atoms with Crippen molar-refractivity contribution in [1.82, 2.24) is 20.6 Å². The average molecular weight is 420 g/mol. The second kappa shape index (κ2) is 10.3. The van der Waals surface area contributed by atoms with E-state index in [1.165, 1.54) is 12.4 Å². The van der Waals surface area contributed by atoms with E-state index in [1.54, 1.807) is 24.3 Å². The van der Waals surface area contributed by atoms with E-state index in [1.807, 2.05) is 0 Å². The summed E-state index contributed by atoms with van der Waals surface area (Å²) in [5.74, 6) is -2.34. The molecule has 6 N–H and O–H groups in total. The van der Waals surface area contributed by atoms with Gasteiger partial charge in [-0.25, -0.2) is 9.97 Å². The van der Waals surface area contributed by atoms with Crippen molar-refractivity contribution in [1.29, 1.82) is 0 Å². The third-order valence-electron chi connectivity index (χ3n) is 3.08. The van der Waals surface area contributed by atoms with Crippen LogP contribution in [-0.4, -0.2) is 46.7 Å². The zero-order valence-corrected chi connectivity index (χ0v) is 16.0. The number of pyridine rings is 2. The second-order valence-electron chi connectivity index (χ2n) is 5.18. The Kier molecular flexibility index (Phi) is 7.77. The van der Waals surface area contributed by atoms with Crippen molar-refractivity contribution < 1.29 is 19.2 Å². The zero-order chi connectivity index (χ0) is 20.5. The number of hydrogen-bond donors (Lipinski definition) is 4. The van der Waals surface area contributed by atoms with E-state index in [9.17, 15) is 19.2 Å². The van der Waals surface area contributed by atoms with Gasteiger partial charge in [0, 0.05) is 12.4 Å². The van der Waals surface area contributed by atoms with Crippen LogP contribution in [0, 0.1) is 0 Å². The first kappa shape index (κ1) is 21.2. The van der Waals surface area contributed by atoms with Crippen molar-refractivity contribution in [2.75, 3.05) is 13.1 Å². The summed E-state index contributed by atoms with van der Waals surface area (Å²) in [6.07, 6.45) is 3.01. The lowest BCUT2D eigenvalue weighted by atomic mass is 10.2. The predicted molar refractivity (Wildman–Crippen MR) is 103 cm³/mol. The lowest BCUT2D eigenvalue weighted by Gasteiger charge is -2.09. The van der Waals surface area contributed by atoms with Crippen molar-refractivity contribution in [3.05, 3.63) is 47.8 Å². The quantitative estimate of drug-likeness (QED) is 0.401. The van der Waals surface area contributed by atoms with Gasteiger partial charge in [0.2, 0.25) is 11.8 Å². The van der Waals surface area contributed by atoms with Crippen molar-refractivity contribution >= 4 is 45.2 Å². The molecule has 0 fully saturated rings. The maximum absolute atomic E-state index is 12.2. The minimum Gasteiger partial charge on any atom is -0.368 e. The van der Waals surface area contributed by atoms with Crippen molar-refractivity contribution in [3.63, 3.8) is 0 Å². The van der Waals surface area contributed by atoms with E-state index in [-0.39, 0.29) is 24.2 Å². The number of carbonyl (C=O) groups is 4. The molecule has 0 spiro atoms. The number of aromatic nitrogens is 2. The van der Waals surface area contributed by atoms with Crippen LogP contribution in [0.5, 0.6) is 0 Å². The first-order chi connectivity index (χ1) is 13.4. The summed E-state index contributed by atoms with van der Waals surface area (Å²) < 4.78 is 0. The minimum absolute atomic E-state index is 0.247. The molecule has 4 amide bonds. The van der Waals surface area contributed by atoms with Gasteiger partial charge in [0.15, 0.2) is 0 Å². The lowest BCUT2D eigenvalue weighted by molar-refractivity contribution is -0.117. The van der Waals surface area contributed by atoms with Crippen LogP contribution in [0.2, 0.25) is 0 Å². The van der Waals surface area contributed by atoms with Gasteiger partial charge in [-0.05, 0) is 45.9 Å². The van der Waals surface area contributed by atoms with Gasteiger partial charge in [-0.2, -0.15) is 0 Å². The van der Waals surface area contributed by atoms with Crippen molar-refractivity contribution in [2.24, 2.45) is 11.5 Å². The molecule has 146 valence electrons. The van der Waals surface area contributed by atoms with Gasteiger partial charge in [-0.1, -0.05) is 0 Å². The summed E-state index contributed by atoms with van der Waals surface area (Å²) in [4.78, 5) is 54.4. The molecule has 28 heavy (non-hydrogen) atoms. The van der Waals surface area contributed by atoms with Crippen LogP contribution in [-0.2, 0) is 9.59 Å². The Hall–Kier alpha value is -3.12. The molecule has 0 atom stereocenters. The highest BCUT2D eigenvalue weighted by molar-refractivity contribution is 8.76. The van der Waals surface area contributed by atoms with Crippen molar-refractivity contribution in [2.45, 2.75) is 10.1 Å². The van der Waals surface area contributed by atoms with E-state index in [0.29, 0.717) is 10.1 Å². The number of hydrogen-bond acceptors (Lipinski definition) is 8. The van der Waals surface area contributed by atoms with Gasteiger partial charge >= 0.3 is 0 Å². The molecule has 12 heteroatoms. The van der Waals surface area contributed by atoms with Gasteiger partial charge in [-0.15, -0.1) is 0 Å². The van der Waals surface area contributed by atoms with E-state index < -0.39 is 23.6 Å². The van der Waals surface area contributed by atoms with Crippen LogP contribution in [0.3, 0.4) is 0 Å². The van der Waals surface area contributed by atoms with Crippen LogP contribution in [0.1, 0.15) is 20.7 Å². The Bertz CT molecular complexity index is 835. The summed E-state index contributed by atoms with van der Waals surface area (Å²) in [5.41, 5.74) is 10.5. The third-order valence-corrected chi connectivity index (χ3v) is 5.32. The molecular formula is C16H16N6O4S2. The fourth-order valence-corrected chi connectivity index (χ4v) is 4.00. The predicted octanol–water partition coefficient (Wildman–Crippen LogP) is -0.294. The second-order valence-corrected chi connectivity index (χ2v) is 7.28. The summed E-state index contributed by atoms with van der Waals surface area (Å²) >= 11 is 0. The van der Waals surface area contributed by atoms with Gasteiger partial charge in [-0.3, -0.25) is 19.2 Å². The maximum atomic E-state index is 12.2. The summed E-state index contributed by atoms with van der Waals surface area (Å²) in [7, 11) is 2.23. The van der Waals surface area contributed by atoms with Gasteiger partial charge in [0.1, 0.15) is 10.1 Å². The summed E-state index contributed by atoms with van der Waals surface area (Å²) in [6.45, 7) is -0.592. The third kappa shape index (κ3) is 6.25. The average Bonchev–Trinajstić information content (AvgIpc) is 2.69. The van der Waals surface area contributed by atoms with E-state index >= 15 is 0 Å². The Morgan fingerprint density at radius 3 is 1.54 bits per heavy atom.